The molecule has 0 radical (unpaired) electrons. The Morgan fingerprint density at radius 1 is 1.47 bits per heavy atom. The van der Waals surface area contributed by atoms with Crippen LogP contribution >= 0.6 is 0 Å². The van der Waals surface area contributed by atoms with Crippen LogP contribution < -0.4 is 4.72 Å². The molecule has 0 saturated heterocycles. The highest BCUT2D eigenvalue weighted by Crippen LogP contribution is 2.31. The molecule has 0 aliphatic heterocycles. The second-order valence-electron chi connectivity index (χ2n) is 4.39. The summed E-state index contributed by atoms with van der Waals surface area (Å²) < 4.78 is 30.3. The Hall–Kier alpha value is -0.660. The van der Waals surface area contributed by atoms with E-state index in [1.807, 2.05) is 0 Å². The molecule has 0 aromatic heterocycles. The van der Waals surface area contributed by atoms with Gasteiger partial charge in [0.05, 0.1) is 25.0 Å². The van der Waals surface area contributed by atoms with Crippen molar-refractivity contribution >= 4 is 16.0 Å². The van der Waals surface area contributed by atoms with E-state index < -0.39 is 21.5 Å². The summed E-state index contributed by atoms with van der Waals surface area (Å²) in [4.78, 5) is 10.8. The predicted octanol–water partition coefficient (Wildman–Crippen LogP) is -0.226. The average molecular weight is 265 g/mol. The molecule has 1 aliphatic rings. The smallest absolute Gasteiger partial charge is 0.305 e. The number of aliphatic hydroxyl groups excluding tert-OH is 1. The van der Waals surface area contributed by atoms with E-state index in [2.05, 4.69) is 9.46 Å². The molecule has 1 rings (SSSR count). The molecular weight excluding hydrogens is 246 g/mol. The van der Waals surface area contributed by atoms with Crippen LogP contribution in [0.25, 0.3) is 0 Å². The minimum absolute atomic E-state index is 0.0868. The highest BCUT2D eigenvalue weighted by Gasteiger charge is 2.39. The van der Waals surface area contributed by atoms with Gasteiger partial charge >= 0.3 is 5.97 Å². The molecule has 0 heterocycles. The third-order valence-electron chi connectivity index (χ3n) is 3.01. The Labute approximate surface area is 101 Å². The number of carbonyl (C=O) groups is 1. The number of ether oxygens (including phenoxy) is 1. The fourth-order valence-corrected chi connectivity index (χ4v) is 3.34. The van der Waals surface area contributed by atoms with Gasteiger partial charge in [-0.3, -0.25) is 4.79 Å². The molecule has 0 amide bonds. The number of rotatable bonds is 7. The fourth-order valence-electron chi connectivity index (χ4n) is 1.79. The maximum Gasteiger partial charge on any atom is 0.305 e. The lowest BCUT2D eigenvalue weighted by molar-refractivity contribution is -0.140. The van der Waals surface area contributed by atoms with Crippen LogP contribution in [-0.2, 0) is 19.6 Å². The van der Waals surface area contributed by atoms with Crippen molar-refractivity contribution in [3.63, 3.8) is 0 Å². The lowest BCUT2D eigenvalue weighted by atomic mass is 9.78. The zero-order valence-electron chi connectivity index (χ0n) is 9.94. The summed E-state index contributed by atoms with van der Waals surface area (Å²) in [6, 6.07) is 0. The first-order chi connectivity index (χ1) is 7.93. The maximum absolute atomic E-state index is 11.7. The number of carbonyl (C=O) groups excluding carboxylic acids is 1. The highest BCUT2D eigenvalue weighted by molar-refractivity contribution is 7.89. The summed E-state index contributed by atoms with van der Waals surface area (Å²) in [5.41, 5.74) is -0.663. The molecular formula is C10H19NO5S. The van der Waals surface area contributed by atoms with Gasteiger partial charge in [-0.15, -0.1) is 0 Å². The number of nitrogens with one attached hydrogen (secondary N) is 1. The first-order valence-electron chi connectivity index (χ1n) is 5.62. The van der Waals surface area contributed by atoms with Crippen molar-refractivity contribution in [1.82, 2.24) is 4.72 Å². The molecule has 0 spiro atoms. The first kappa shape index (κ1) is 14.4. The van der Waals surface area contributed by atoms with Crippen molar-refractivity contribution in [1.29, 1.82) is 0 Å². The summed E-state index contributed by atoms with van der Waals surface area (Å²) in [5.74, 6) is -0.537. The Morgan fingerprint density at radius 2 is 2.12 bits per heavy atom. The molecule has 0 unspecified atom stereocenters. The van der Waals surface area contributed by atoms with Crippen LogP contribution in [0.4, 0.5) is 0 Å². The molecule has 0 atom stereocenters. The van der Waals surface area contributed by atoms with Gasteiger partial charge in [-0.05, 0) is 25.7 Å². The zero-order chi connectivity index (χ0) is 12.9. The second-order valence-corrected chi connectivity index (χ2v) is 6.23. The summed E-state index contributed by atoms with van der Waals surface area (Å²) in [5, 5.41) is 9.15. The van der Waals surface area contributed by atoms with Gasteiger partial charge in [0.15, 0.2) is 0 Å². The Morgan fingerprint density at radius 3 is 2.53 bits per heavy atom. The fraction of sp³-hybridized carbons (Fsp3) is 0.900. The van der Waals surface area contributed by atoms with E-state index in [0.717, 1.165) is 6.42 Å². The lowest BCUT2D eigenvalue weighted by Crippen LogP contribution is -2.56. The molecule has 0 bridgehead atoms. The first-order valence-corrected chi connectivity index (χ1v) is 7.28. The Kier molecular flexibility index (Phi) is 4.91. The van der Waals surface area contributed by atoms with Gasteiger partial charge in [0, 0.05) is 6.42 Å². The van der Waals surface area contributed by atoms with E-state index in [0.29, 0.717) is 12.8 Å². The zero-order valence-corrected chi connectivity index (χ0v) is 10.8. The van der Waals surface area contributed by atoms with Gasteiger partial charge in [-0.1, -0.05) is 0 Å². The van der Waals surface area contributed by atoms with Gasteiger partial charge in [0.25, 0.3) is 0 Å². The monoisotopic (exact) mass is 265 g/mol. The molecule has 17 heavy (non-hydrogen) atoms. The number of aliphatic hydroxyl groups is 1. The highest BCUT2D eigenvalue weighted by atomic mass is 32.2. The summed E-state index contributed by atoms with van der Waals surface area (Å²) in [6.45, 7) is -0.177. The SMILES string of the molecule is COC(=O)CCCS(=O)(=O)NC1(CO)CCC1. The maximum atomic E-state index is 11.7. The quantitative estimate of drug-likeness (QED) is 0.620. The number of hydrogen-bond donors (Lipinski definition) is 2. The molecule has 1 fully saturated rings. The molecule has 1 saturated carbocycles. The van der Waals surface area contributed by atoms with Gasteiger partial charge < -0.3 is 9.84 Å². The molecule has 100 valence electrons. The summed E-state index contributed by atoms with van der Waals surface area (Å²) in [7, 11) is -2.17. The number of sulfonamides is 1. The van der Waals surface area contributed by atoms with Gasteiger partial charge in [0.2, 0.25) is 10.0 Å². The van der Waals surface area contributed by atoms with Crippen molar-refractivity contribution in [3.05, 3.63) is 0 Å². The summed E-state index contributed by atoms with van der Waals surface area (Å²) >= 11 is 0. The van der Waals surface area contributed by atoms with Crippen LogP contribution in [-0.4, -0.2) is 44.5 Å². The molecule has 2 N–H and O–H groups in total. The standard InChI is InChI=1S/C10H19NO5S/c1-16-9(13)4-2-7-17(14,15)11-10(8-12)5-3-6-10/h11-12H,2-8H2,1H3. The van der Waals surface area contributed by atoms with Crippen molar-refractivity contribution < 1.29 is 23.1 Å². The molecule has 7 heteroatoms. The third kappa shape index (κ3) is 4.25. The number of hydrogen-bond acceptors (Lipinski definition) is 5. The van der Waals surface area contributed by atoms with E-state index in [1.165, 1.54) is 7.11 Å². The minimum Gasteiger partial charge on any atom is -0.469 e. The van der Waals surface area contributed by atoms with Crippen LogP contribution in [0, 0.1) is 0 Å². The van der Waals surface area contributed by atoms with Gasteiger partial charge in [-0.25, -0.2) is 13.1 Å². The predicted molar refractivity (Wildman–Crippen MR) is 61.8 cm³/mol. The second kappa shape index (κ2) is 5.79. The Balaban J connectivity index is 2.38. The van der Waals surface area contributed by atoms with Crippen LogP contribution in [0.1, 0.15) is 32.1 Å². The van der Waals surface area contributed by atoms with Crippen LogP contribution in [0.5, 0.6) is 0 Å². The van der Waals surface area contributed by atoms with Crippen LogP contribution in [0.3, 0.4) is 0 Å². The number of esters is 1. The van der Waals surface area contributed by atoms with Crippen LogP contribution in [0.2, 0.25) is 0 Å². The van der Waals surface area contributed by atoms with Gasteiger partial charge in [0.1, 0.15) is 0 Å². The van der Waals surface area contributed by atoms with E-state index in [-0.39, 0.29) is 25.2 Å². The lowest BCUT2D eigenvalue weighted by Gasteiger charge is -2.40. The van der Waals surface area contributed by atoms with Crippen LogP contribution in [0.15, 0.2) is 0 Å². The van der Waals surface area contributed by atoms with E-state index >= 15 is 0 Å². The largest absolute Gasteiger partial charge is 0.469 e. The minimum atomic E-state index is -3.43. The molecule has 0 aromatic carbocycles. The van der Waals surface area contributed by atoms with Crippen molar-refractivity contribution in [3.8, 4) is 0 Å². The van der Waals surface area contributed by atoms with E-state index in [9.17, 15) is 13.2 Å². The average Bonchev–Trinajstić information content (AvgIpc) is 2.23. The van der Waals surface area contributed by atoms with Gasteiger partial charge in [-0.2, -0.15) is 0 Å². The Bertz CT molecular complexity index is 355. The van der Waals surface area contributed by atoms with Crippen molar-refractivity contribution in [2.24, 2.45) is 0 Å². The normalized spacial score (nSPS) is 18.5. The molecule has 6 nitrogen and oxygen atoms in total. The topological polar surface area (TPSA) is 92.7 Å². The van der Waals surface area contributed by atoms with E-state index in [4.69, 9.17) is 5.11 Å². The molecule has 0 aromatic rings. The third-order valence-corrected chi connectivity index (χ3v) is 4.58. The van der Waals surface area contributed by atoms with E-state index in [1.54, 1.807) is 0 Å². The van der Waals surface area contributed by atoms with Crippen molar-refractivity contribution in [2.45, 2.75) is 37.6 Å². The molecule has 1 aliphatic carbocycles. The van der Waals surface area contributed by atoms with Crippen molar-refractivity contribution in [2.75, 3.05) is 19.5 Å². The summed E-state index contributed by atoms with van der Waals surface area (Å²) in [6.07, 6.45) is 2.57. The number of methoxy groups -OCH3 is 1.